The number of carbonyl (C=O) groups is 3. The number of aliphatic hydroxyl groups excluding tert-OH is 1. The molecule has 2 aromatic rings. The summed E-state index contributed by atoms with van der Waals surface area (Å²) < 4.78 is 5.49. The number of non-ortho nitro benzene ring substituents is 1. The summed E-state index contributed by atoms with van der Waals surface area (Å²) >= 11 is 0. The quantitative estimate of drug-likeness (QED) is 0.413. The minimum absolute atomic E-state index is 0.150. The van der Waals surface area contributed by atoms with Gasteiger partial charge in [0.1, 0.15) is 17.3 Å². The van der Waals surface area contributed by atoms with Crippen LogP contribution in [0, 0.1) is 16.0 Å². The van der Waals surface area contributed by atoms with Crippen LogP contribution in [0.4, 0.5) is 16.2 Å². The van der Waals surface area contributed by atoms with E-state index in [9.17, 15) is 29.6 Å². The van der Waals surface area contributed by atoms with Gasteiger partial charge < -0.3 is 14.6 Å². The van der Waals surface area contributed by atoms with Crippen molar-refractivity contribution < 1.29 is 29.2 Å². The Morgan fingerprint density at radius 2 is 1.91 bits per heavy atom. The number of carbonyl (C=O) groups excluding carboxylic acids is 3. The largest absolute Gasteiger partial charge is 0.443 e. The van der Waals surface area contributed by atoms with Crippen molar-refractivity contribution in [2.24, 2.45) is 5.92 Å². The number of nitrogens with zero attached hydrogens (tertiary/aromatic N) is 2. The molecule has 1 aliphatic heterocycles. The summed E-state index contributed by atoms with van der Waals surface area (Å²) in [5, 5.41) is 22.8. The van der Waals surface area contributed by atoms with Crippen LogP contribution in [0.5, 0.6) is 0 Å². The summed E-state index contributed by atoms with van der Waals surface area (Å²) in [5.74, 6) is -2.34. The van der Waals surface area contributed by atoms with E-state index in [4.69, 9.17) is 4.74 Å². The summed E-state index contributed by atoms with van der Waals surface area (Å²) in [7, 11) is 0. The third kappa shape index (κ3) is 3.56. The molecule has 9 heteroatoms. The van der Waals surface area contributed by atoms with E-state index in [1.165, 1.54) is 18.2 Å². The van der Waals surface area contributed by atoms with Crippen molar-refractivity contribution in [2.75, 3.05) is 4.90 Å². The first-order valence-corrected chi connectivity index (χ1v) is 11.1. The SMILES string of the molecule is CC(C)(C)OC(=O)N1C(=O)[C@]2(c3ccccc31)[C@H](O)CC[C@H](C=O)[C@@H]2c1cccc([N+](=O)[O-])c1. The van der Waals surface area contributed by atoms with Gasteiger partial charge in [-0.1, -0.05) is 30.3 Å². The second-order valence-electron chi connectivity index (χ2n) is 9.73. The van der Waals surface area contributed by atoms with Crippen LogP contribution in [0.3, 0.4) is 0 Å². The molecule has 178 valence electrons. The smallest absolute Gasteiger partial charge is 0.421 e. The molecule has 9 nitrogen and oxygen atoms in total. The minimum Gasteiger partial charge on any atom is -0.443 e. The molecule has 34 heavy (non-hydrogen) atoms. The van der Waals surface area contributed by atoms with E-state index in [2.05, 4.69) is 0 Å². The lowest BCUT2D eigenvalue weighted by atomic mass is 9.56. The summed E-state index contributed by atoms with van der Waals surface area (Å²) in [5.41, 5.74) is -1.73. The van der Waals surface area contributed by atoms with Crippen LogP contribution in [0.2, 0.25) is 0 Å². The highest BCUT2D eigenvalue weighted by Crippen LogP contribution is 2.58. The van der Waals surface area contributed by atoms with Gasteiger partial charge in [0.05, 0.1) is 16.7 Å². The lowest BCUT2D eigenvalue weighted by molar-refractivity contribution is -0.385. The van der Waals surface area contributed by atoms with Gasteiger partial charge in [0.2, 0.25) is 0 Å². The molecule has 4 atom stereocenters. The standard InChI is InChI=1S/C25H26N2O7/c1-24(2,3)34-23(31)26-19-10-5-4-9-18(19)25(22(26)30)20(29)12-11-16(14-28)21(25)15-7-6-8-17(13-15)27(32)33/h4-10,13-14,16,20-21,29H,11-12H2,1-3H3/t16-,20-,21+,25-/m1/s1. The Bertz CT molecular complexity index is 1170. The van der Waals surface area contributed by atoms with Crippen LogP contribution in [0.1, 0.15) is 50.7 Å². The summed E-state index contributed by atoms with van der Waals surface area (Å²) in [6.45, 7) is 5.03. The number of fused-ring (bicyclic) bond motifs is 2. The lowest BCUT2D eigenvalue weighted by Gasteiger charge is -2.46. The Kier molecular flexibility index (Phi) is 5.77. The van der Waals surface area contributed by atoms with E-state index >= 15 is 0 Å². The molecule has 0 radical (unpaired) electrons. The number of rotatable bonds is 3. The summed E-state index contributed by atoms with van der Waals surface area (Å²) in [6, 6.07) is 12.3. The fraction of sp³-hybridized carbons (Fsp3) is 0.400. The highest BCUT2D eigenvalue weighted by atomic mass is 16.6. The van der Waals surface area contributed by atoms with Gasteiger partial charge in [0.15, 0.2) is 0 Å². The van der Waals surface area contributed by atoms with Gasteiger partial charge in [0, 0.05) is 24.0 Å². The Balaban J connectivity index is 1.97. The van der Waals surface area contributed by atoms with Crippen molar-refractivity contribution in [3.63, 3.8) is 0 Å². The maximum absolute atomic E-state index is 14.2. The first-order chi connectivity index (χ1) is 16.0. The second kappa shape index (κ2) is 8.32. The van der Waals surface area contributed by atoms with Gasteiger partial charge in [-0.15, -0.1) is 0 Å². The number of para-hydroxylation sites is 1. The zero-order chi connectivity index (χ0) is 24.8. The molecule has 0 aromatic heterocycles. The van der Waals surface area contributed by atoms with Gasteiger partial charge >= 0.3 is 6.09 Å². The number of imide groups is 1. The number of nitro benzene ring substituents is 1. The van der Waals surface area contributed by atoms with Gasteiger partial charge in [-0.3, -0.25) is 14.9 Å². The number of nitro groups is 1. The van der Waals surface area contributed by atoms with E-state index in [1.807, 2.05) is 0 Å². The number of benzene rings is 2. The molecule has 1 spiro atoms. The molecule has 2 aliphatic rings. The molecule has 1 fully saturated rings. The summed E-state index contributed by atoms with van der Waals surface area (Å²) in [6.07, 6.45) is -0.948. The monoisotopic (exact) mass is 466 g/mol. The molecule has 1 aliphatic carbocycles. The van der Waals surface area contributed by atoms with E-state index in [-0.39, 0.29) is 17.8 Å². The molecular formula is C25H26N2O7. The average molecular weight is 466 g/mol. The average Bonchev–Trinajstić information content (AvgIpc) is 3.03. The Morgan fingerprint density at radius 3 is 2.56 bits per heavy atom. The van der Waals surface area contributed by atoms with Crippen molar-refractivity contribution >= 4 is 29.7 Å². The Hall–Kier alpha value is -3.59. The third-order valence-electron chi connectivity index (χ3n) is 6.56. The number of ether oxygens (including phenoxy) is 1. The van der Waals surface area contributed by atoms with Gasteiger partial charge in [-0.05, 0) is 50.8 Å². The van der Waals surface area contributed by atoms with Crippen LogP contribution < -0.4 is 4.90 Å². The normalized spacial score (nSPS) is 26.3. The number of anilines is 1. The molecule has 0 bridgehead atoms. The molecule has 0 saturated heterocycles. The fourth-order valence-electron chi connectivity index (χ4n) is 5.32. The van der Waals surface area contributed by atoms with Gasteiger partial charge in [-0.2, -0.15) is 0 Å². The van der Waals surface area contributed by atoms with Crippen molar-refractivity contribution in [1.29, 1.82) is 0 Å². The van der Waals surface area contributed by atoms with Crippen molar-refractivity contribution in [2.45, 2.75) is 56.7 Å². The second-order valence-corrected chi connectivity index (χ2v) is 9.73. The van der Waals surface area contributed by atoms with E-state index < -0.39 is 45.9 Å². The number of aldehydes is 1. The van der Waals surface area contributed by atoms with Crippen LogP contribution in [0.25, 0.3) is 0 Å². The van der Waals surface area contributed by atoms with Crippen molar-refractivity contribution in [1.82, 2.24) is 0 Å². The first kappa shape index (κ1) is 23.6. The molecule has 1 N–H and O–H groups in total. The maximum atomic E-state index is 14.2. The third-order valence-corrected chi connectivity index (χ3v) is 6.56. The molecule has 1 heterocycles. The van der Waals surface area contributed by atoms with Crippen LogP contribution in [-0.2, 0) is 19.7 Å². The fourth-order valence-corrected chi connectivity index (χ4v) is 5.32. The van der Waals surface area contributed by atoms with E-state index in [0.29, 0.717) is 17.5 Å². The number of hydrogen-bond acceptors (Lipinski definition) is 7. The maximum Gasteiger partial charge on any atom is 0.421 e. The predicted octanol–water partition coefficient (Wildman–Crippen LogP) is 3.87. The first-order valence-electron chi connectivity index (χ1n) is 11.1. The molecule has 2 aromatic carbocycles. The van der Waals surface area contributed by atoms with E-state index in [1.54, 1.807) is 51.1 Å². The predicted molar refractivity (Wildman–Crippen MR) is 122 cm³/mol. The van der Waals surface area contributed by atoms with E-state index in [0.717, 1.165) is 11.2 Å². The van der Waals surface area contributed by atoms with Crippen LogP contribution >= 0.6 is 0 Å². The zero-order valence-corrected chi connectivity index (χ0v) is 19.1. The summed E-state index contributed by atoms with van der Waals surface area (Å²) in [4.78, 5) is 51.3. The number of amides is 2. The van der Waals surface area contributed by atoms with Crippen LogP contribution in [-0.4, -0.2) is 40.0 Å². The topological polar surface area (TPSA) is 127 Å². The number of aliphatic hydroxyl groups is 1. The zero-order valence-electron chi connectivity index (χ0n) is 19.1. The molecule has 4 rings (SSSR count). The van der Waals surface area contributed by atoms with Gasteiger partial charge in [-0.25, -0.2) is 9.69 Å². The Morgan fingerprint density at radius 1 is 1.21 bits per heavy atom. The minimum atomic E-state index is -1.69. The van der Waals surface area contributed by atoms with Gasteiger partial charge in [0.25, 0.3) is 11.6 Å². The lowest BCUT2D eigenvalue weighted by Crippen LogP contribution is -2.58. The van der Waals surface area contributed by atoms with Crippen molar-refractivity contribution in [3.05, 3.63) is 69.8 Å². The number of hydrogen-bond donors (Lipinski definition) is 1. The highest BCUT2D eigenvalue weighted by molar-refractivity contribution is 6.22. The molecule has 0 unspecified atom stereocenters. The van der Waals surface area contributed by atoms with Crippen molar-refractivity contribution in [3.8, 4) is 0 Å². The highest BCUT2D eigenvalue weighted by Gasteiger charge is 2.65. The Labute approximate surface area is 196 Å². The van der Waals surface area contributed by atoms with Crippen LogP contribution in [0.15, 0.2) is 48.5 Å². The molecule has 2 amide bonds. The molecular weight excluding hydrogens is 440 g/mol. The molecule has 1 saturated carbocycles.